The third-order valence-electron chi connectivity index (χ3n) is 5.15. The molecular formula is C21H33N3O5. The molecule has 162 valence electrons. The Balaban J connectivity index is 2.76. The Kier molecular flexibility index (Phi) is 8.79. The fourth-order valence-corrected chi connectivity index (χ4v) is 2.83. The number of benzene rings is 1. The molecule has 0 aliphatic heterocycles. The first-order chi connectivity index (χ1) is 13.4. The van der Waals surface area contributed by atoms with Gasteiger partial charge in [0.05, 0.1) is 5.54 Å². The standard InChI is InChI=1S/C21H33N3O5/c1-5-20(4,22)21(29,19(27)28)24-18(26)17(14(2)3)23-16(25)13-9-12-15-10-7-6-8-11-15/h6-8,10-11,14,17,29H,5,9,12-13,22H2,1-4H3,(H,23,25)(H,24,26)(H,27,28). The topological polar surface area (TPSA) is 142 Å². The average Bonchev–Trinajstić information content (AvgIpc) is 2.66. The largest absolute Gasteiger partial charge is 0.478 e. The first-order valence-corrected chi connectivity index (χ1v) is 9.84. The monoisotopic (exact) mass is 407 g/mol. The Morgan fingerprint density at radius 2 is 1.76 bits per heavy atom. The van der Waals surface area contributed by atoms with E-state index in [1.165, 1.54) is 6.92 Å². The van der Waals surface area contributed by atoms with E-state index in [-0.39, 0.29) is 24.7 Å². The van der Waals surface area contributed by atoms with Crippen LogP contribution in [0.25, 0.3) is 0 Å². The van der Waals surface area contributed by atoms with Crippen molar-refractivity contribution in [1.82, 2.24) is 10.6 Å². The van der Waals surface area contributed by atoms with Gasteiger partial charge in [-0.1, -0.05) is 51.1 Å². The van der Waals surface area contributed by atoms with Gasteiger partial charge < -0.3 is 26.6 Å². The van der Waals surface area contributed by atoms with Crippen molar-refractivity contribution >= 4 is 17.8 Å². The summed E-state index contributed by atoms with van der Waals surface area (Å²) in [6.07, 6.45) is 1.66. The maximum atomic E-state index is 12.7. The molecular weight excluding hydrogens is 374 g/mol. The van der Waals surface area contributed by atoms with Crippen LogP contribution in [0.15, 0.2) is 30.3 Å². The third-order valence-corrected chi connectivity index (χ3v) is 5.15. The molecule has 0 saturated carbocycles. The normalized spacial score (nSPS) is 16.4. The van der Waals surface area contributed by atoms with E-state index in [1.807, 2.05) is 30.3 Å². The van der Waals surface area contributed by atoms with Crippen LogP contribution in [-0.2, 0) is 20.8 Å². The molecule has 29 heavy (non-hydrogen) atoms. The molecule has 1 aromatic carbocycles. The molecule has 0 saturated heterocycles. The smallest absolute Gasteiger partial charge is 0.359 e. The van der Waals surface area contributed by atoms with Gasteiger partial charge in [0.25, 0.3) is 5.72 Å². The lowest BCUT2D eigenvalue weighted by molar-refractivity contribution is -0.175. The molecule has 8 heteroatoms. The van der Waals surface area contributed by atoms with Crippen LogP contribution < -0.4 is 16.4 Å². The number of carbonyl (C=O) groups is 3. The predicted octanol–water partition coefficient (Wildman–Crippen LogP) is 1.17. The van der Waals surface area contributed by atoms with E-state index in [0.717, 1.165) is 12.0 Å². The summed E-state index contributed by atoms with van der Waals surface area (Å²) in [5, 5.41) is 24.8. The van der Waals surface area contributed by atoms with E-state index in [1.54, 1.807) is 20.8 Å². The van der Waals surface area contributed by atoms with Crippen molar-refractivity contribution in [2.45, 2.75) is 70.7 Å². The van der Waals surface area contributed by atoms with Crippen LogP contribution in [-0.4, -0.2) is 45.3 Å². The number of carbonyl (C=O) groups excluding carboxylic acids is 2. The van der Waals surface area contributed by atoms with Gasteiger partial charge in [-0.25, -0.2) is 4.79 Å². The fourth-order valence-electron chi connectivity index (χ4n) is 2.83. The van der Waals surface area contributed by atoms with Crippen molar-refractivity contribution in [3.05, 3.63) is 35.9 Å². The number of carboxylic acid groups (broad SMARTS) is 1. The molecule has 0 radical (unpaired) electrons. The van der Waals surface area contributed by atoms with Crippen LogP contribution in [0, 0.1) is 5.92 Å². The fraction of sp³-hybridized carbons (Fsp3) is 0.571. The van der Waals surface area contributed by atoms with Gasteiger partial charge in [0.2, 0.25) is 11.8 Å². The third kappa shape index (κ3) is 6.54. The van der Waals surface area contributed by atoms with Gasteiger partial charge in [-0.15, -0.1) is 0 Å². The van der Waals surface area contributed by atoms with E-state index in [2.05, 4.69) is 10.6 Å². The predicted molar refractivity (Wildman–Crippen MR) is 110 cm³/mol. The molecule has 0 aliphatic rings. The van der Waals surface area contributed by atoms with E-state index < -0.39 is 29.2 Å². The molecule has 0 aliphatic carbocycles. The second-order valence-electron chi connectivity index (χ2n) is 7.90. The summed E-state index contributed by atoms with van der Waals surface area (Å²) in [5.41, 5.74) is 2.76. The lowest BCUT2D eigenvalue weighted by Crippen LogP contribution is -2.73. The Hall–Kier alpha value is -2.45. The zero-order chi connectivity index (χ0) is 22.2. The number of hydrogen-bond donors (Lipinski definition) is 5. The molecule has 2 amide bonds. The number of nitrogens with one attached hydrogen (secondary N) is 2. The van der Waals surface area contributed by atoms with Crippen molar-refractivity contribution in [2.24, 2.45) is 11.7 Å². The van der Waals surface area contributed by atoms with Gasteiger partial charge in [-0.2, -0.15) is 0 Å². The van der Waals surface area contributed by atoms with Crippen LogP contribution in [0.4, 0.5) is 0 Å². The number of hydrogen-bond acceptors (Lipinski definition) is 5. The summed E-state index contributed by atoms with van der Waals surface area (Å²) in [4.78, 5) is 36.6. The highest BCUT2D eigenvalue weighted by Crippen LogP contribution is 2.22. The van der Waals surface area contributed by atoms with E-state index in [0.29, 0.717) is 6.42 Å². The highest BCUT2D eigenvalue weighted by molar-refractivity contribution is 5.92. The Morgan fingerprint density at radius 1 is 1.17 bits per heavy atom. The van der Waals surface area contributed by atoms with Crippen molar-refractivity contribution < 1.29 is 24.6 Å². The number of carboxylic acids is 1. The summed E-state index contributed by atoms with van der Waals surface area (Å²) < 4.78 is 0. The van der Waals surface area contributed by atoms with Gasteiger partial charge >= 0.3 is 5.97 Å². The highest BCUT2D eigenvalue weighted by atomic mass is 16.4. The summed E-state index contributed by atoms with van der Waals surface area (Å²) in [6, 6.07) is 8.74. The highest BCUT2D eigenvalue weighted by Gasteiger charge is 2.52. The number of amides is 2. The minimum absolute atomic E-state index is 0.105. The molecule has 3 atom stereocenters. The number of nitrogens with two attached hydrogens (primary N) is 1. The SMILES string of the molecule is CCC(C)(N)C(O)(NC(=O)C(NC(=O)CCCc1ccccc1)C(C)C)C(=O)O. The van der Waals surface area contributed by atoms with Crippen LogP contribution in [0.3, 0.4) is 0 Å². The van der Waals surface area contributed by atoms with E-state index >= 15 is 0 Å². The number of rotatable bonds is 11. The van der Waals surface area contributed by atoms with Gasteiger partial charge in [-0.3, -0.25) is 9.59 Å². The molecule has 6 N–H and O–H groups in total. The molecule has 8 nitrogen and oxygen atoms in total. The maximum absolute atomic E-state index is 12.7. The van der Waals surface area contributed by atoms with Crippen molar-refractivity contribution in [1.29, 1.82) is 0 Å². The maximum Gasteiger partial charge on any atom is 0.359 e. The Labute approximate surface area is 171 Å². The molecule has 0 spiro atoms. The molecule has 0 heterocycles. The molecule has 3 unspecified atom stereocenters. The zero-order valence-corrected chi connectivity index (χ0v) is 17.6. The zero-order valence-electron chi connectivity index (χ0n) is 17.6. The lowest BCUT2D eigenvalue weighted by atomic mass is 9.86. The first-order valence-electron chi connectivity index (χ1n) is 9.84. The van der Waals surface area contributed by atoms with Crippen LogP contribution in [0.1, 0.15) is 52.5 Å². The molecule has 1 aromatic rings. The Morgan fingerprint density at radius 3 is 2.24 bits per heavy atom. The van der Waals surface area contributed by atoms with Crippen molar-refractivity contribution in [3.63, 3.8) is 0 Å². The van der Waals surface area contributed by atoms with Crippen LogP contribution in [0.5, 0.6) is 0 Å². The quantitative estimate of drug-likeness (QED) is 0.349. The summed E-state index contributed by atoms with van der Waals surface area (Å²) in [6.45, 7) is 6.38. The average molecular weight is 408 g/mol. The molecule has 0 fully saturated rings. The second-order valence-corrected chi connectivity index (χ2v) is 7.90. The first kappa shape index (κ1) is 24.6. The lowest BCUT2D eigenvalue weighted by Gasteiger charge is -2.39. The molecule has 1 rings (SSSR count). The van der Waals surface area contributed by atoms with E-state index in [4.69, 9.17) is 5.73 Å². The van der Waals surface area contributed by atoms with Gasteiger partial charge in [0, 0.05) is 6.42 Å². The summed E-state index contributed by atoms with van der Waals surface area (Å²) >= 11 is 0. The molecule has 0 aromatic heterocycles. The minimum Gasteiger partial charge on any atom is -0.478 e. The summed E-state index contributed by atoms with van der Waals surface area (Å²) in [7, 11) is 0. The van der Waals surface area contributed by atoms with Gasteiger partial charge in [0.1, 0.15) is 6.04 Å². The number of aliphatic hydroxyl groups is 1. The Bertz CT molecular complexity index is 706. The van der Waals surface area contributed by atoms with Crippen molar-refractivity contribution in [3.8, 4) is 0 Å². The van der Waals surface area contributed by atoms with Gasteiger partial charge in [-0.05, 0) is 37.7 Å². The minimum atomic E-state index is -2.66. The molecule has 0 bridgehead atoms. The summed E-state index contributed by atoms with van der Waals surface area (Å²) in [5.74, 6) is -3.10. The van der Waals surface area contributed by atoms with Crippen LogP contribution >= 0.6 is 0 Å². The number of aliphatic carboxylic acids is 1. The van der Waals surface area contributed by atoms with Crippen LogP contribution in [0.2, 0.25) is 0 Å². The van der Waals surface area contributed by atoms with Crippen molar-refractivity contribution in [2.75, 3.05) is 0 Å². The van der Waals surface area contributed by atoms with E-state index in [9.17, 15) is 24.6 Å². The van der Waals surface area contributed by atoms with Gasteiger partial charge in [0.15, 0.2) is 0 Å². The number of aryl methyl sites for hydroxylation is 1. The second kappa shape index (κ2) is 10.4.